The topological polar surface area (TPSA) is 141 Å². The summed E-state index contributed by atoms with van der Waals surface area (Å²) < 4.78 is 22.4. The summed E-state index contributed by atoms with van der Waals surface area (Å²) in [6.45, 7) is 4.05. The molecule has 44 heavy (non-hydrogen) atoms. The fourth-order valence-corrected chi connectivity index (χ4v) is 5.77. The lowest BCUT2D eigenvalue weighted by Gasteiger charge is -2.36. The number of carbonyl (C=O) groups is 4. The Balaban J connectivity index is 1.09. The molecule has 0 bridgehead atoms. The fourth-order valence-electron chi connectivity index (χ4n) is 5.77. The zero-order chi connectivity index (χ0) is 31.1. The second-order valence-corrected chi connectivity index (χ2v) is 11.4. The number of halogens is 1. The Morgan fingerprint density at radius 3 is 2.39 bits per heavy atom. The van der Waals surface area contributed by atoms with Crippen molar-refractivity contribution in [3.8, 4) is 0 Å². The van der Waals surface area contributed by atoms with Crippen molar-refractivity contribution >= 4 is 46.0 Å². The molecule has 1 saturated carbocycles. The lowest BCUT2D eigenvalue weighted by atomic mass is 10.1. The zero-order valence-electron chi connectivity index (χ0n) is 24.1. The number of carbonyl (C=O) groups excluding carboxylic acids is 3. The highest BCUT2D eigenvalue weighted by Crippen LogP contribution is 2.38. The fraction of sp³-hybridized carbons (Fsp3) is 0.387. The van der Waals surface area contributed by atoms with Crippen LogP contribution < -0.4 is 20.5 Å². The number of ether oxygens (including phenoxy) is 1. The molecule has 1 aromatic heterocycles. The number of fused-ring (bicyclic) bond motifs is 1. The summed E-state index contributed by atoms with van der Waals surface area (Å²) in [6.07, 6.45) is 2.13. The Morgan fingerprint density at radius 1 is 1.05 bits per heavy atom. The van der Waals surface area contributed by atoms with Crippen molar-refractivity contribution in [3.63, 3.8) is 0 Å². The standard InChI is InChI=1S/C31H32FN5O7/c1-18(38)33-14-22-15-37(31(43)44-22)21-4-2-19(3-5-21)28(39)17-34-8-10-35(11-9-34)27-13-26-23(12-25(27)32)29(40)24(30(41)42)16-36(26)20-6-7-20/h2-5,12-13,16,20,22H,6-11,14-15,17H2,1H3,(H,33,38)(H,41,42)/t22-/m0/s1. The number of benzene rings is 2. The first-order chi connectivity index (χ1) is 21.1. The number of nitrogens with one attached hydrogen (secondary N) is 1. The number of anilines is 2. The maximum atomic E-state index is 15.3. The highest BCUT2D eigenvalue weighted by Gasteiger charge is 2.33. The van der Waals surface area contributed by atoms with Crippen molar-refractivity contribution in [2.45, 2.75) is 31.9 Å². The molecule has 0 radical (unpaired) electrons. The Bertz CT molecular complexity index is 1710. The minimum absolute atomic E-state index is 0.0553. The van der Waals surface area contributed by atoms with E-state index in [2.05, 4.69) is 5.32 Å². The molecule has 2 N–H and O–H groups in total. The number of pyridine rings is 1. The molecule has 0 spiro atoms. The number of aromatic nitrogens is 1. The van der Waals surface area contributed by atoms with Crippen LogP contribution in [0.5, 0.6) is 0 Å². The van der Waals surface area contributed by atoms with Gasteiger partial charge in [0.25, 0.3) is 0 Å². The molecule has 13 heteroatoms. The van der Waals surface area contributed by atoms with E-state index in [0.29, 0.717) is 48.6 Å². The van der Waals surface area contributed by atoms with Gasteiger partial charge >= 0.3 is 12.1 Å². The van der Waals surface area contributed by atoms with Crippen LogP contribution >= 0.6 is 0 Å². The van der Waals surface area contributed by atoms with E-state index in [9.17, 15) is 29.1 Å². The van der Waals surface area contributed by atoms with Gasteiger partial charge in [0.2, 0.25) is 11.3 Å². The highest BCUT2D eigenvalue weighted by atomic mass is 19.1. The average Bonchev–Trinajstić information content (AvgIpc) is 3.78. The van der Waals surface area contributed by atoms with E-state index in [1.807, 2.05) is 9.80 Å². The minimum Gasteiger partial charge on any atom is -0.477 e. The first-order valence-corrected chi connectivity index (χ1v) is 14.5. The summed E-state index contributed by atoms with van der Waals surface area (Å²) in [4.78, 5) is 66.2. The summed E-state index contributed by atoms with van der Waals surface area (Å²) in [7, 11) is 0. The third kappa shape index (κ3) is 5.87. The number of piperazine rings is 1. The molecule has 6 rings (SSSR count). The second kappa shape index (κ2) is 11.7. The average molecular weight is 606 g/mol. The number of rotatable bonds is 9. The minimum atomic E-state index is -1.33. The van der Waals surface area contributed by atoms with Gasteiger partial charge in [-0.3, -0.25) is 24.2 Å². The summed E-state index contributed by atoms with van der Waals surface area (Å²) in [5, 5.41) is 12.2. The van der Waals surface area contributed by atoms with Gasteiger partial charge in [-0.2, -0.15) is 0 Å². The molecule has 2 aromatic carbocycles. The van der Waals surface area contributed by atoms with Crippen molar-refractivity contribution in [2.75, 3.05) is 55.6 Å². The quantitative estimate of drug-likeness (QED) is 0.352. The Labute approximate surface area is 251 Å². The first kappa shape index (κ1) is 29.3. The smallest absolute Gasteiger partial charge is 0.414 e. The van der Waals surface area contributed by atoms with Crippen molar-refractivity contribution in [1.82, 2.24) is 14.8 Å². The van der Waals surface area contributed by atoms with Crippen molar-refractivity contribution < 1.29 is 33.4 Å². The number of Topliss-reactive ketones (excluding diaryl/α,β-unsaturated/α-hetero) is 1. The van der Waals surface area contributed by atoms with Gasteiger partial charge in [0.15, 0.2) is 5.78 Å². The molecular weight excluding hydrogens is 573 g/mol. The van der Waals surface area contributed by atoms with E-state index in [4.69, 9.17) is 4.74 Å². The molecule has 3 fully saturated rings. The molecule has 230 valence electrons. The van der Waals surface area contributed by atoms with Gasteiger partial charge in [-0.05, 0) is 49.2 Å². The van der Waals surface area contributed by atoms with Crippen LogP contribution in [-0.2, 0) is 9.53 Å². The largest absolute Gasteiger partial charge is 0.477 e. The van der Waals surface area contributed by atoms with Gasteiger partial charge in [-0.1, -0.05) is 0 Å². The summed E-state index contributed by atoms with van der Waals surface area (Å²) in [5.41, 5.74) is 0.890. The van der Waals surface area contributed by atoms with Crippen LogP contribution in [0.3, 0.4) is 0 Å². The number of amides is 2. The molecule has 2 saturated heterocycles. The van der Waals surface area contributed by atoms with Crippen LogP contribution in [0.4, 0.5) is 20.6 Å². The maximum absolute atomic E-state index is 15.3. The SMILES string of the molecule is CC(=O)NC[C@H]1CN(c2ccc(C(=O)CN3CCN(c4cc5c(cc4F)c(=O)c(C(=O)O)cn5C4CC4)CC3)cc2)C(=O)O1. The Kier molecular flexibility index (Phi) is 7.80. The number of ketones is 1. The molecule has 2 aliphatic heterocycles. The molecule has 3 aromatic rings. The van der Waals surface area contributed by atoms with Crippen LogP contribution in [0.25, 0.3) is 10.9 Å². The molecule has 1 aliphatic carbocycles. The van der Waals surface area contributed by atoms with Crippen molar-refractivity contribution in [1.29, 1.82) is 0 Å². The van der Waals surface area contributed by atoms with Crippen LogP contribution in [0.2, 0.25) is 0 Å². The molecule has 3 heterocycles. The molecular formula is C31H32FN5O7. The number of hydrogen-bond acceptors (Lipinski definition) is 8. The van der Waals surface area contributed by atoms with Gasteiger partial charge in [-0.15, -0.1) is 0 Å². The lowest BCUT2D eigenvalue weighted by molar-refractivity contribution is -0.119. The van der Waals surface area contributed by atoms with E-state index < -0.39 is 29.4 Å². The van der Waals surface area contributed by atoms with E-state index in [1.165, 1.54) is 18.0 Å². The summed E-state index contributed by atoms with van der Waals surface area (Å²) >= 11 is 0. The van der Waals surface area contributed by atoms with Crippen LogP contribution in [0.15, 0.2) is 47.4 Å². The summed E-state index contributed by atoms with van der Waals surface area (Å²) in [6, 6.07) is 9.58. The van der Waals surface area contributed by atoms with E-state index in [-0.39, 0.29) is 48.3 Å². The number of carboxylic acid groups (broad SMARTS) is 1. The summed E-state index contributed by atoms with van der Waals surface area (Å²) in [5.74, 6) is -2.21. The molecule has 1 atom stereocenters. The van der Waals surface area contributed by atoms with Crippen molar-refractivity contribution in [2.24, 2.45) is 0 Å². The third-order valence-electron chi connectivity index (χ3n) is 8.31. The highest BCUT2D eigenvalue weighted by molar-refractivity contribution is 5.98. The van der Waals surface area contributed by atoms with Crippen LogP contribution in [0, 0.1) is 5.82 Å². The number of hydrogen-bond donors (Lipinski definition) is 2. The van der Waals surface area contributed by atoms with Gasteiger partial charge in [-0.25, -0.2) is 14.0 Å². The van der Waals surface area contributed by atoms with Crippen LogP contribution in [-0.4, -0.2) is 90.2 Å². The van der Waals surface area contributed by atoms with E-state index in [1.54, 1.807) is 34.9 Å². The van der Waals surface area contributed by atoms with Gasteiger partial charge < -0.3 is 24.6 Å². The first-order valence-electron chi connectivity index (χ1n) is 14.5. The Morgan fingerprint density at radius 2 is 1.75 bits per heavy atom. The molecule has 0 unspecified atom stereocenters. The predicted molar refractivity (Wildman–Crippen MR) is 159 cm³/mol. The van der Waals surface area contributed by atoms with Gasteiger partial charge in [0.05, 0.1) is 30.8 Å². The monoisotopic (exact) mass is 605 g/mol. The normalized spacial score (nSPS) is 18.9. The van der Waals surface area contributed by atoms with Gasteiger partial charge in [0, 0.05) is 62.0 Å². The lowest BCUT2D eigenvalue weighted by Crippen LogP contribution is -2.48. The van der Waals surface area contributed by atoms with E-state index >= 15 is 4.39 Å². The zero-order valence-corrected chi connectivity index (χ0v) is 24.1. The Hall–Kier alpha value is -4.78. The number of nitrogens with zero attached hydrogens (tertiary/aromatic N) is 4. The maximum Gasteiger partial charge on any atom is 0.414 e. The van der Waals surface area contributed by atoms with E-state index in [0.717, 1.165) is 18.9 Å². The number of carboxylic acids is 1. The van der Waals surface area contributed by atoms with Crippen molar-refractivity contribution in [3.05, 3.63) is 69.8 Å². The van der Waals surface area contributed by atoms with Gasteiger partial charge in [0.1, 0.15) is 17.5 Å². The second-order valence-electron chi connectivity index (χ2n) is 11.4. The molecule has 12 nitrogen and oxygen atoms in total. The predicted octanol–water partition coefficient (Wildman–Crippen LogP) is 2.64. The third-order valence-corrected chi connectivity index (χ3v) is 8.31. The number of cyclic esters (lactones) is 1. The number of aromatic carboxylic acids is 1. The van der Waals surface area contributed by atoms with Crippen LogP contribution in [0.1, 0.15) is 46.5 Å². The molecule has 3 aliphatic rings. The molecule has 2 amide bonds.